The first-order valence-corrected chi connectivity index (χ1v) is 34.9. The quantitative estimate of drug-likeness (QED) is 0.0852. The van der Waals surface area contributed by atoms with Gasteiger partial charge in [0.05, 0.1) is 36.2 Å². The van der Waals surface area contributed by atoms with Gasteiger partial charge in [0.25, 0.3) is 0 Å². The molecule has 7 heterocycles. The molecule has 3 aliphatic rings. The molecule has 0 fully saturated rings. The van der Waals surface area contributed by atoms with Crippen molar-refractivity contribution < 1.29 is 0 Å². The molecular formula is C55H67BrCl3N11Sn. The summed E-state index contributed by atoms with van der Waals surface area (Å²) in [6, 6.07) is 12.6. The molecule has 71 heavy (non-hydrogen) atoms. The fraction of sp³-hybridized carbons (Fsp3) is 0.436. The van der Waals surface area contributed by atoms with Crippen LogP contribution in [0.2, 0.25) is 28.8 Å². The number of aromatic nitrogens is 11. The molecule has 10 rings (SSSR count). The third-order valence-corrected chi connectivity index (χ3v) is 28.9. The second kappa shape index (κ2) is 30.8. The first-order chi connectivity index (χ1) is 34.7. The Labute approximate surface area is 448 Å². The van der Waals surface area contributed by atoms with E-state index in [2.05, 4.69) is 105 Å². The Morgan fingerprint density at radius 3 is 1.34 bits per heavy atom. The van der Waals surface area contributed by atoms with Gasteiger partial charge < -0.3 is 0 Å². The minimum absolute atomic E-state index is 0.405. The number of aryl methyl sites for hydroxylation is 6. The van der Waals surface area contributed by atoms with Crippen LogP contribution in [0, 0.1) is 0 Å². The molecule has 374 valence electrons. The van der Waals surface area contributed by atoms with Gasteiger partial charge in [-0.1, -0.05) is 41.4 Å². The third-order valence-electron chi connectivity index (χ3n) is 12.9. The van der Waals surface area contributed by atoms with E-state index in [9.17, 15) is 0 Å². The van der Waals surface area contributed by atoms with Crippen molar-refractivity contribution in [2.45, 2.75) is 150 Å². The summed E-state index contributed by atoms with van der Waals surface area (Å²) < 4.78 is 6.54. The van der Waals surface area contributed by atoms with E-state index in [4.69, 9.17) is 39.8 Å². The van der Waals surface area contributed by atoms with E-state index in [1.165, 1.54) is 153 Å². The van der Waals surface area contributed by atoms with Crippen molar-refractivity contribution in [1.29, 1.82) is 0 Å². The molecule has 0 amide bonds. The summed E-state index contributed by atoms with van der Waals surface area (Å²) >= 11 is 18.3. The zero-order chi connectivity index (χ0) is 50.1. The van der Waals surface area contributed by atoms with Crippen molar-refractivity contribution in [2.24, 2.45) is 0 Å². The van der Waals surface area contributed by atoms with Crippen LogP contribution in [0.25, 0.3) is 22.8 Å². The van der Waals surface area contributed by atoms with Crippen LogP contribution < -0.4 is 3.71 Å². The summed E-state index contributed by atoms with van der Waals surface area (Å²) in [5.41, 5.74) is 11.4. The topological polar surface area (TPSA) is 142 Å². The summed E-state index contributed by atoms with van der Waals surface area (Å²) in [7, 11) is 0. The molecule has 7 aromatic rings. The number of rotatable bonds is 12. The molecular weight excluding hydrogens is 1120 g/mol. The third kappa shape index (κ3) is 18.4. The van der Waals surface area contributed by atoms with Crippen LogP contribution in [0.1, 0.15) is 132 Å². The van der Waals surface area contributed by atoms with E-state index in [0.29, 0.717) is 15.5 Å². The predicted octanol–water partition coefficient (Wildman–Crippen LogP) is 14.5. The Kier molecular flexibility index (Phi) is 24.4. The number of nitrogens with zero attached hydrogens (tertiary/aromatic N) is 11. The Morgan fingerprint density at radius 1 is 0.423 bits per heavy atom. The smallest absolute Gasteiger partial charge is 0.148 e. The minimum Gasteiger partial charge on any atom is -0.261 e. The molecule has 0 saturated heterocycles. The zero-order valence-corrected chi connectivity index (χ0v) is 48.2. The molecule has 11 nitrogen and oxygen atoms in total. The van der Waals surface area contributed by atoms with Crippen molar-refractivity contribution in [1.82, 2.24) is 54.8 Å². The molecule has 3 aliphatic carbocycles. The Hall–Kier alpha value is -4.08. The van der Waals surface area contributed by atoms with Crippen molar-refractivity contribution in [3.05, 3.63) is 152 Å². The summed E-state index contributed by atoms with van der Waals surface area (Å²) in [4.78, 5) is 46.8. The number of halogens is 4. The van der Waals surface area contributed by atoms with Gasteiger partial charge in [-0.15, -0.1) is 0 Å². The maximum absolute atomic E-state index is 6.11. The first-order valence-electron chi connectivity index (χ1n) is 25.5. The largest absolute Gasteiger partial charge is 0.261 e. The Bertz CT molecular complexity index is 2650. The maximum Gasteiger partial charge on any atom is 0.148 e. The second-order valence-corrected chi connectivity index (χ2v) is 33.2. The predicted molar refractivity (Wildman–Crippen MR) is 296 cm³/mol. The number of unbranched alkanes of at least 4 members (excludes halogenated alkanes) is 3. The van der Waals surface area contributed by atoms with Gasteiger partial charge >= 0.3 is 134 Å². The summed E-state index contributed by atoms with van der Waals surface area (Å²) in [5.74, 6) is 0. The van der Waals surface area contributed by atoms with Crippen LogP contribution >= 0.6 is 50.7 Å². The van der Waals surface area contributed by atoms with Crippen molar-refractivity contribution in [3.63, 3.8) is 0 Å². The zero-order valence-electron chi connectivity index (χ0n) is 41.5. The first kappa shape index (κ1) is 56.2. The van der Waals surface area contributed by atoms with E-state index in [-0.39, 0.29) is 0 Å². The summed E-state index contributed by atoms with van der Waals surface area (Å²) in [5, 5.41) is 1.41. The Morgan fingerprint density at radius 2 is 0.873 bits per heavy atom. The van der Waals surface area contributed by atoms with Gasteiger partial charge in [0, 0.05) is 41.9 Å². The fourth-order valence-corrected chi connectivity index (χ4v) is 25.2. The molecule has 0 unspecified atom stereocenters. The van der Waals surface area contributed by atoms with Gasteiger partial charge in [-0.3, -0.25) is 29.9 Å². The second-order valence-electron chi connectivity index (χ2n) is 18.1. The summed E-state index contributed by atoms with van der Waals surface area (Å²) in [6.45, 7) is 6.87. The van der Waals surface area contributed by atoms with Crippen LogP contribution in [0.4, 0.5) is 0 Å². The average Bonchev–Trinajstić information content (AvgIpc) is 3.41. The van der Waals surface area contributed by atoms with Gasteiger partial charge in [-0.25, -0.2) is 15.0 Å². The van der Waals surface area contributed by atoms with Crippen molar-refractivity contribution in [2.75, 3.05) is 0 Å². The van der Waals surface area contributed by atoms with E-state index >= 15 is 0 Å². The van der Waals surface area contributed by atoms with Gasteiger partial charge in [0.15, 0.2) is 0 Å². The molecule has 0 aliphatic heterocycles. The van der Waals surface area contributed by atoms with Gasteiger partial charge in [-0.2, -0.15) is 0 Å². The van der Waals surface area contributed by atoms with E-state index in [1.54, 1.807) is 43.4 Å². The average molecular weight is 1190 g/mol. The van der Waals surface area contributed by atoms with Gasteiger partial charge in [-0.05, 0) is 128 Å². The molecule has 0 bridgehead atoms. The van der Waals surface area contributed by atoms with E-state index < -0.39 is 18.4 Å². The normalized spacial score (nSPS) is 13.4. The molecule has 0 atom stereocenters. The fourth-order valence-electron chi connectivity index (χ4n) is 9.09. The number of pyridine rings is 3. The van der Waals surface area contributed by atoms with Crippen molar-refractivity contribution >= 4 is 72.8 Å². The molecule has 16 heteroatoms. The van der Waals surface area contributed by atoms with Crippen molar-refractivity contribution in [3.8, 4) is 22.8 Å². The standard InChI is InChI=1S/C13H12ClN3.C13H13N3.C9H10BrN.C4H3ClN2.C4H2ClN2.3C4H9.Sn/c14-13-8-15-7-12(17-13)11-6-5-9-3-1-2-4-10(9)16-11;1-2-4-11-10(3-1)5-6-12(16-11)13-9-14-7-8-15-13;10-9-6-5-7-3-1-2-4-8(7)11-9;2*5-4-3-6-1-2-7-4;3*1-3-4-2;/h5-8H,1-4H2;5-9H,1-4H2;5-6H,1-4H2;1-3H;1,3H;3*1,3-4H2,2H3;. The molecule has 0 saturated carbocycles. The molecule has 0 N–H and O–H groups in total. The monoisotopic (exact) mass is 1190 g/mol. The summed E-state index contributed by atoms with van der Waals surface area (Å²) in [6.07, 6.45) is 39.1. The number of fused-ring (bicyclic) bond motifs is 3. The van der Waals surface area contributed by atoms with Crippen LogP contribution in [0.3, 0.4) is 0 Å². The van der Waals surface area contributed by atoms with Crippen LogP contribution in [-0.4, -0.2) is 73.2 Å². The molecule has 0 spiro atoms. The number of hydrogen-bond acceptors (Lipinski definition) is 11. The SMILES string of the molecule is Brc1ccc2c(n1)CCCC2.CCC[CH2][Sn]([CH2]CCC)([CH2]CCC)[c]1cncc(Cl)n1.Clc1cncc(-c2ccc3c(n2)CCCC3)n1.Clc1cnccn1.c1cnc(-c2ccc3c(n2)CCCC3)cn1. The van der Waals surface area contributed by atoms with E-state index in [1.807, 2.05) is 24.4 Å². The number of hydrogen-bond donors (Lipinski definition) is 0. The molecule has 7 aromatic heterocycles. The van der Waals surface area contributed by atoms with Gasteiger partial charge in [0.2, 0.25) is 0 Å². The van der Waals surface area contributed by atoms with Crippen LogP contribution in [-0.2, 0) is 38.5 Å². The minimum atomic E-state index is -2.40. The van der Waals surface area contributed by atoms with Gasteiger partial charge in [0.1, 0.15) is 26.3 Å². The van der Waals surface area contributed by atoms with Crippen LogP contribution in [0.5, 0.6) is 0 Å². The Balaban J connectivity index is 0.000000150. The maximum atomic E-state index is 6.11. The molecule has 0 radical (unpaired) electrons. The van der Waals surface area contributed by atoms with Crippen LogP contribution in [0.15, 0.2) is 103 Å². The van der Waals surface area contributed by atoms with E-state index in [0.717, 1.165) is 53.1 Å². The molecule has 0 aromatic carbocycles.